The van der Waals surface area contributed by atoms with Crippen LogP contribution in [-0.4, -0.2) is 19.1 Å². The number of hydrogen-bond donors (Lipinski definition) is 1. The maximum absolute atomic E-state index is 12.0. The molecule has 0 aromatic carbocycles. The number of aryl methyl sites for hydroxylation is 1. The third-order valence-corrected chi connectivity index (χ3v) is 4.78. The van der Waals surface area contributed by atoms with Gasteiger partial charge in [0.15, 0.2) is 0 Å². The number of rotatable bonds is 2. The Balaban J connectivity index is 1.81. The molecule has 1 amide bonds. The molecular formula is C13H14N2O2S. The Morgan fingerprint density at radius 2 is 2.39 bits per heavy atom. The van der Waals surface area contributed by atoms with Gasteiger partial charge in [0.25, 0.3) is 0 Å². The van der Waals surface area contributed by atoms with Gasteiger partial charge in [-0.3, -0.25) is 4.79 Å². The summed E-state index contributed by atoms with van der Waals surface area (Å²) in [7, 11) is 0. The maximum atomic E-state index is 12.0. The smallest absolute Gasteiger partial charge is 0.230 e. The topological polar surface area (TPSA) is 62.1 Å². The van der Waals surface area contributed by atoms with E-state index in [1.807, 2.05) is 0 Å². The van der Waals surface area contributed by atoms with Gasteiger partial charge in [-0.1, -0.05) is 0 Å². The van der Waals surface area contributed by atoms with Crippen molar-refractivity contribution in [1.29, 1.82) is 5.26 Å². The van der Waals surface area contributed by atoms with E-state index in [2.05, 4.69) is 11.4 Å². The summed E-state index contributed by atoms with van der Waals surface area (Å²) in [4.78, 5) is 13.3. The lowest BCUT2D eigenvalue weighted by Gasteiger charge is -2.08. The van der Waals surface area contributed by atoms with Crippen LogP contribution in [0.25, 0.3) is 0 Å². The molecule has 1 fully saturated rings. The first-order valence-corrected chi connectivity index (χ1v) is 7.04. The van der Waals surface area contributed by atoms with Crippen molar-refractivity contribution in [2.45, 2.75) is 25.7 Å². The number of ether oxygens (including phenoxy) is 1. The predicted molar refractivity (Wildman–Crippen MR) is 68.6 cm³/mol. The molecule has 94 valence electrons. The standard InChI is InChI=1S/C13H14N2O2S/c14-6-10-9-2-1-3-11(9)18-13(10)15-12(16)8-4-5-17-7-8/h8H,1-5,7H2,(H,15,16)/t8-/m0/s1. The van der Waals surface area contributed by atoms with Gasteiger partial charge in [-0.15, -0.1) is 11.3 Å². The average molecular weight is 262 g/mol. The Bertz CT molecular complexity index is 524. The number of hydrogen-bond acceptors (Lipinski definition) is 4. The minimum absolute atomic E-state index is 0.0103. The van der Waals surface area contributed by atoms with E-state index in [0.29, 0.717) is 18.8 Å². The molecular weight excluding hydrogens is 248 g/mol. The molecule has 0 bridgehead atoms. The van der Waals surface area contributed by atoms with Crippen LogP contribution in [0.4, 0.5) is 5.00 Å². The van der Waals surface area contributed by atoms with E-state index >= 15 is 0 Å². The number of fused-ring (bicyclic) bond motifs is 1. The lowest BCUT2D eigenvalue weighted by atomic mass is 10.1. The zero-order valence-electron chi connectivity index (χ0n) is 9.99. The Labute approximate surface area is 110 Å². The zero-order valence-corrected chi connectivity index (χ0v) is 10.8. The second-order valence-corrected chi connectivity index (χ2v) is 5.83. The van der Waals surface area contributed by atoms with Gasteiger partial charge in [-0.2, -0.15) is 5.26 Å². The monoisotopic (exact) mass is 262 g/mol. The minimum atomic E-state index is -0.0616. The van der Waals surface area contributed by atoms with Crippen molar-refractivity contribution in [3.63, 3.8) is 0 Å². The molecule has 0 saturated carbocycles. The second kappa shape index (κ2) is 4.71. The highest BCUT2D eigenvalue weighted by atomic mass is 32.1. The van der Waals surface area contributed by atoms with Crippen molar-refractivity contribution >= 4 is 22.2 Å². The van der Waals surface area contributed by atoms with Crippen LogP contribution >= 0.6 is 11.3 Å². The molecule has 1 aromatic heterocycles. The first-order valence-electron chi connectivity index (χ1n) is 6.23. The zero-order chi connectivity index (χ0) is 12.5. The lowest BCUT2D eigenvalue weighted by molar-refractivity contribution is -0.119. The van der Waals surface area contributed by atoms with Gasteiger partial charge >= 0.3 is 0 Å². The van der Waals surface area contributed by atoms with Crippen molar-refractivity contribution in [3.05, 3.63) is 16.0 Å². The molecule has 1 aromatic rings. The summed E-state index contributed by atoms with van der Waals surface area (Å²) in [6.07, 6.45) is 3.91. The molecule has 0 radical (unpaired) electrons. The van der Waals surface area contributed by atoms with Crippen LogP contribution in [-0.2, 0) is 22.4 Å². The molecule has 1 saturated heterocycles. The third-order valence-electron chi connectivity index (χ3n) is 3.57. The van der Waals surface area contributed by atoms with Gasteiger partial charge < -0.3 is 10.1 Å². The van der Waals surface area contributed by atoms with Crippen LogP contribution in [0.5, 0.6) is 0 Å². The number of thiophene rings is 1. The van der Waals surface area contributed by atoms with Crippen molar-refractivity contribution < 1.29 is 9.53 Å². The van der Waals surface area contributed by atoms with Gasteiger partial charge in [0.1, 0.15) is 11.1 Å². The maximum Gasteiger partial charge on any atom is 0.230 e. The number of nitrogens with one attached hydrogen (secondary N) is 1. The van der Waals surface area contributed by atoms with Crippen molar-refractivity contribution in [3.8, 4) is 6.07 Å². The van der Waals surface area contributed by atoms with Gasteiger partial charge in [0.2, 0.25) is 5.91 Å². The van der Waals surface area contributed by atoms with Crippen LogP contribution in [0.3, 0.4) is 0 Å². The molecule has 2 heterocycles. The molecule has 5 heteroatoms. The lowest BCUT2D eigenvalue weighted by Crippen LogP contribution is -2.22. The largest absolute Gasteiger partial charge is 0.381 e. The fourth-order valence-electron chi connectivity index (χ4n) is 2.57. The van der Waals surface area contributed by atoms with E-state index in [0.717, 1.165) is 36.2 Å². The molecule has 4 nitrogen and oxygen atoms in total. The quantitative estimate of drug-likeness (QED) is 0.887. The first kappa shape index (κ1) is 11.7. The second-order valence-electron chi connectivity index (χ2n) is 4.72. The van der Waals surface area contributed by atoms with Gasteiger partial charge in [-0.25, -0.2) is 0 Å². The molecule has 0 spiro atoms. The van der Waals surface area contributed by atoms with E-state index in [-0.39, 0.29) is 11.8 Å². The SMILES string of the molecule is N#Cc1c(NC(=O)[C@H]2CCOC2)sc2c1CCC2. The summed E-state index contributed by atoms with van der Waals surface area (Å²) in [5.74, 6) is -0.0718. The molecule has 1 aliphatic heterocycles. The third kappa shape index (κ3) is 1.92. The Morgan fingerprint density at radius 1 is 1.50 bits per heavy atom. The normalized spacial score (nSPS) is 21.6. The average Bonchev–Trinajstić information content (AvgIpc) is 3.04. The number of amides is 1. The number of nitrogens with zero attached hydrogens (tertiary/aromatic N) is 1. The van der Waals surface area contributed by atoms with E-state index < -0.39 is 0 Å². The Hall–Kier alpha value is -1.38. The molecule has 1 N–H and O–H groups in total. The summed E-state index contributed by atoms with van der Waals surface area (Å²) >= 11 is 1.57. The summed E-state index contributed by atoms with van der Waals surface area (Å²) in [5.41, 5.74) is 1.83. The molecule has 1 aliphatic carbocycles. The predicted octanol–water partition coefficient (Wildman–Crippen LogP) is 2.08. The van der Waals surface area contributed by atoms with E-state index in [1.165, 1.54) is 4.88 Å². The number of carbonyl (C=O) groups excluding carboxylic acids is 1. The van der Waals surface area contributed by atoms with E-state index in [1.54, 1.807) is 11.3 Å². The number of nitriles is 1. The summed E-state index contributed by atoms with van der Waals surface area (Å²) in [6, 6.07) is 2.24. The van der Waals surface area contributed by atoms with Crippen LogP contribution in [0, 0.1) is 17.2 Å². The van der Waals surface area contributed by atoms with Crippen LogP contribution in [0.2, 0.25) is 0 Å². The summed E-state index contributed by atoms with van der Waals surface area (Å²) < 4.78 is 5.21. The van der Waals surface area contributed by atoms with Crippen molar-refractivity contribution in [2.75, 3.05) is 18.5 Å². The number of anilines is 1. The first-order chi connectivity index (χ1) is 8.79. The molecule has 18 heavy (non-hydrogen) atoms. The van der Waals surface area contributed by atoms with Crippen LogP contribution < -0.4 is 5.32 Å². The minimum Gasteiger partial charge on any atom is -0.381 e. The highest BCUT2D eigenvalue weighted by Crippen LogP contribution is 2.38. The molecule has 1 atom stereocenters. The van der Waals surface area contributed by atoms with Crippen molar-refractivity contribution in [2.24, 2.45) is 5.92 Å². The summed E-state index contributed by atoms with van der Waals surface area (Å²) in [5, 5.41) is 12.9. The molecule has 2 aliphatic rings. The van der Waals surface area contributed by atoms with E-state index in [9.17, 15) is 10.1 Å². The Kier molecular flexibility index (Phi) is 3.06. The summed E-state index contributed by atoms with van der Waals surface area (Å²) in [6.45, 7) is 1.16. The molecule has 0 unspecified atom stereocenters. The van der Waals surface area contributed by atoms with Gasteiger partial charge in [-0.05, 0) is 31.2 Å². The number of carbonyl (C=O) groups is 1. The highest BCUT2D eigenvalue weighted by molar-refractivity contribution is 7.16. The van der Waals surface area contributed by atoms with Crippen molar-refractivity contribution in [1.82, 2.24) is 0 Å². The highest BCUT2D eigenvalue weighted by Gasteiger charge is 2.27. The van der Waals surface area contributed by atoms with Gasteiger partial charge in [0.05, 0.1) is 18.1 Å². The van der Waals surface area contributed by atoms with Gasteiger partial charge in [0, 0.05) is 11.5 Å². The Morgan fingerprint density at radius 3 is 3.11 bits per heavy atom. The van der Waals surface area contributed by atoms with E-state index in [4.69, 9.17) is 4.74 Å². The van der Waals surface area contributed by atoms with Crippen LogP contribution in [0.15, 0.2) is 0 Å². The van der Waals surface area contributed by atoms with Crippen LogP contribution in [0.1, 0.15) is 28.8 Å². The molecule has 3 rings (SSSR count). The fourth-order valence-corrected chi connectivity index (χ4v) is 3.81. The fraction of sp³-hybridized carbons (Fsp3) is 0.538.